The van der Waals surface area contributed by atoms with Crippen molar-refractivity contribution >= 4 is 28.4 Å². The number of rotatable bonds is 3. The summed E-state index contributed by atoms with van der Waals surface area (Å²) in [7, 11) is 0. The lowest BCUT2D eigenvalue weighted by Gasteiger charge is -2.52. The Kier molecular flexibility index (Phi) is 3.92. The molecule has 2 aromatic rings. The number of benzene rings is 1. The molecule has 5 nitrogen and oxygen atoms in total. The minimum atomic E-state index is -0.141. The molecule has 122 valence electrons. The van der Waals surface area contributed by atoms with Crippen LogP contribution in [-0.4, -0.2) is 21.9 Å². The van der Waals surface area contributed by atoms with E-state index < -0.39 is 0 Å². The molecule has 1 aromatic carbocycles. The van der Waals surface area contributed by atoms with Gasteiger partial charge < -0.3 is 10.3 Å². The van der Waals surface area contributed by atoms with Crippen LogP contribution in [-0.2, 0) is 11.2 Å². The molecule has 1 amide bonds. The molecule has 23 heavy (non-hydrogen) atoms. The minimum Gasteiger partial charge on any atom is -0.353 e. The summed E-state index contributed by atoms with van der Waals surface area (Å²) < 4.78 is 0. The van der Waals surface area contributed by atoms with E-state index in [4.69, 9.17) is 11.6 Å². The van der Waals surface area contributed by atoms with Gasteiger partial charge in [0.05, 0.1) is 10.9 Å². The van der Waals surface area contributed by atoms with Gasteiger partial charge in [0.2, 0.25) is 5.91 Å². The molecule has 6 heteroatoms. The van der Waals surface area contributed by atoms with Crippen LogP contribution in [0.2, 0.25) is 5.02 Å². The molecule has 2 atom stereocenters. The highest BCUT2D eigenvalue weighted by atomic mass is 35.5. The van der Waals surface area contributed by atoms with Crippen LogP contribution in [0.25, 0.3) is 10.9 Å². The Labute approximate surface area is 139 Å². The van der Waals surface area contributed by atoms with E-state index in [0.717, 1.165) is 6.42 Å². The Morgan fingerprint density at radius 3 is 2.87 bits per heavy atom. The molecule has 1 aliphatic carbocycles. The van der Waals surface area contributed by atoms with Crippen LogP contribution < -0.4 is 10.9 Å². The third-order valence-corrected chi connectivity index (χ3v) is 5.24. The van der Waals surface area contributed by atoms with E-state index >= 15 is 0 Å². The van der Waals surface area contributed by atoms with E-state index in [1.165, 1.54) is 6.92 Å². The third kappa shape index (κ3) is 2.98. The highest BCUT2D eigenvalue weighted by Crippen LogP contribution is 2.47. The maximum absolute atomic E-state index is 12.2. The average molecular weight is 334 g/mol. The summed E-state index contributed by atoms with van der Waals surface area (Å²) in [6.45, 7) is 5.81. The fourth-order valence-electron chi connectivity index (χ4n) is 3.34. The quantitative estimate of drug-likeness (QED) is 0.906. The minimum absolute atomic E-state index is 0.00611. The first kappa shape index (κ1) is 16.0. The number of fused-ring (bicyclic) bond motifs is 1. The lowest BCUT2D eigenvalue weighted by atomic mass is 9.57. The van der Waals surface area contributed by atoms with E-state index in [9.17, 15) is 9.59 Å². The van der Waals surface area contributed by atoms with Crippen molar-refractivity contribution in [3.8, 4) is 0 Å². The Balaban J connectivity index is 1.83. The van der Waals surface area contributed by atoms with Crippen molar-refractivity contribution in [3.63, 3.8) is 0 Å². The predicted molar refractivity (Wildman–Crippen MR) is 90.6 cm³/mol. The largest absolute Gasteiger partial charge is 0.353 e. The number of aromatic nitrogens is 2. The van der Waals surface area contributed by atoms with Crippen LogP contribution in [0.4, 0.5) is 0 Å². The molecule has 2 N–H and O–H groups in total. The van der Waals surface area contributed by atoms with E-state index in [-0.39, 0.29) is 22.9 Å². The molecule has 0 bridgehead atoms. The monoisotopic (exact) mass is 333 g/mol. The summed E-state index contributed by atoms with van der Waals surface area (Å²) in [5, 5.41) is 4.09. The molecule has 1 aliphatic rings. The zero-order valence-corrected chi connectivity index (χ0v) is 14.2. The van der Waals surface area contributed by atoms with E-state index in [2.05, 4.69) is 29.1 Å². The van der Waals surface area contributed by atoms with Crippen LogP contribution in [0.3, 0.4) is 0 Å². The SMILES string of the molecule is CC(=O)NC1CC(Cc2nc3cc(Cl)ccc3c(=O)[nH]2)C1(C)C. The maximum atomic E-state index is 12.2. The Hall–Kier alpha value is -1.88. The van der Waals surface area contributed by atoms with Crippen molar-refractivity contribution in [2.24, 2.45) is 11.3 Å². The topological polar surface area (TPSA) is 74.8 Å². The first-order chi connectivity index (χ1) is 10.8. The molecule has 1 fully saturated rings. The third-order valence-electron chi connectivity index (χ3n) is 5.01. The number of hydrogen-bond donors (Lipinski definition) is 2. The number of carbonyl (C=O) groups excluding carboxylic acids is 1. The number of hydrogen-bond acceptors (Lipinski definition) is 3. The van der Waals surface area contributed by atoms with Crippen LogP contribution in [0.15, 0.2) is 23.0 Å². The van der Waals surface area contributed by atoms with Gasteiger partial charge in [-0.1, -0.05) is 25.4 Å². The first-order valence-corrected chi connectivity index (χ1v) is 8.10. The molecule has 3 rings (SSSR count). The molecule has 1 saturated carbocycles. The Bertz CT molecular complexity index is 828. The van der Waals surface area contributed by atoms with Crippen molar-refractivity contribution in [1.82, 2.24) is 15.3 Å². The number of H-pyrrole nitrogens is 1. The maximum Gasteiger partial charge on any atom is 0.258 e. The van der Waals surface area contributed by atoms with Gasteiger partial charge in [-0.05, 0) is 36.0 Å². The summed E-state index contributed by atoms with van der Waals surface area (Å²) in [6.07, 6.45) is 1.57. The number of amides is 1. The Morgan fingerprint density at radius 2 is 2.22 bits per heavy atom. The molecule has 2 unspecified atom stereocenters. The summed E-state index contributed by atoms with van der Waals surface area (Å²) in [5.74, 6) is 1.02. The molecule has 1 aromatic heterocycles. The van der Waals surface area contributed by atoms with Crippen LogP contribution in [0.1, 0.15) is 33.0 Å². The van der Waals surface area contributed by atoms with Crippen molar-refractivity contribution in [1.29, 1.82) is 0 Å². The van der Waals surface area contributed by atoms with Gasteiger partial charge in [0.1, 0.15) is 5.82 Å². The van der Waals surface area contributed by atoms with Crippen molar-refractivity contribution in [3.05, 3.63) is 39.4 Å². The standard InChI is InChI=1S/C17H20ClN3O2/c1-9(22)19-14-6-10(17(14,2)3)7-15-20-13-8-11(18)4-5-12(13)16(23)21-15/h4-5,8,10,14H,6-7H2,1-3H3,(H,19,22)(H,20,21,23). The molecular weight excluding hydrogens is 314 g/mol. The van der Waals surface area contributed by atoms with Crippen molar-refractivity contribution in [2.45, 2.75) is 39.7 Å². The summed E-state index contributed by atoms with van der Waals surface area (Å²) in [4.78, 5) is 30.8. The Morgan fingerprint density at radius 1 is 1.48 bits per heavy atom. The number of carbonyl (C=O) groups is 1. The number of nitrogens with one attached hydrogen (secondary N) is 2. The van der Waals surface area contributed by atoms with Gasteiger partial charge in [-0.15, -0.1) is 0 Å². The fraction of sp³-hybridized carbons (Fsp3) is 0.471. The second-order valence-corrected chi connectivity index (χ2v) is 7.32. The second kappa shape index (κ2) is 5.64. The molecule has 1 heterocycles. The van der Waals surface area contributed by atoms with Crippen LogP contribution >= 0.6 is 11.6 Å². The van der Waals surface area contributed by atoms with E-state index in [0.29, 0.717) is 34.1 Å². The van der Waals surface area contributed by atoms with E-state index in [1.54, 1.807) is 18.2 Å². The predicted octanol–water partition coefficient (Wildman–Crippen LogP) is 2.67. The molecule has 0 aliphatic heterocycles. The fourth-order valence-corrected chi connectivity index (χ4v) is 3.51. The van der Waals surface area contributed by atoms with Gasteiger partial charge in [-0.3, -0.25) is 9.59 Å². The van der Waals surface area contributed by atoms with Gasteiger partial charge in [-0.2, -0.15) is 0 Å². The van der Waals surface area contributed by atoms with Crippen molar-refractivity contribution in [2.75, 3.05) is 0 Å². The number of aromatic amines is 1. The normalized spacial score (nSPS) is 22.6. The lowest BCUT2D eigenvalue weighted by Crippen LogP contribution is -2.58. The summed E-state index contributed by atoms with van der Waals surface area (Å²) in [5.41, 5.74) is 0.456. The highest BCUT2D eigenvalue weighted by Gasteiger charge is 2.48. The number of nitrogens with zero attached hydrogens (tertiary/aromatic N) is 1. The lowest BCUT2D eigenvalue weighted by molar-refractivity contribution is -0.123. The van der Waals surface area contributed by atoms with Gasteiger partial charge in [0.15, 0.2) is 0 Å². The smallest absolute Gasteiger partial charge is 0.258 e. The van der Waals surface area contributed by atoms with Crippen LogP contribution in [0.5, 0.6) is 0 Å². The van der Waals surface area contributed by atoms with Gasteiger partial charge in [-0.25, -0.2) is 4.98 Å². The summed E-state index contributed by atoms with van der Waals surface area (Å²) in [6, 6.07) is 5.26. The van der Waals surface area contributed by atoms with Gasteiger partial charge in [0.25, 0.3) is 5.56 Å². The van der Waals surface area contributed by atoms with Gasteiger partial charge >= 0.3 is 0 Å². The average Bonchev–Trinajstić information content (AvgIpc) is 2.45. The molecule has 0 radical (unpaired) electrons. The van der Waals surface area contributed by atoms with Crippen LogP contribution in [0, 0.1) is 11.3 Å². The van der Waals surface area contributed by atoms with E-state index in [1.807, 2.05) is 0 Å². The first-order valence-electron chi connectivity index (χ1n) is 7.73. The van der Waals surface area contributed by atoms with Crippen molar-refractivity contribution < 1.29 is 4.79 Å². The molecule has 0 spiro atoms. The summed E-state index contributed by atoms with van der Waals surface area (Å²) >= 11 is 5.99. The molecule has 0 saturated heterocycles. The second-order valence-electron chi connectivity index (χ2n) is 6.89. The number of halogens is 1. The highest BCUT2D eigenvalue weighted by molar-refractivity contribution is 6.31. The zero-order valence-electron chi connectivity index (χ0n) is 13.4. The van der Waals surface area contributed by atoms with Gasteiger partial charge in [0, 0.05) is 24.4 Å². The molecular formula is C17H20ClN3O2. The zero-order chi connectivity index (χ0) is 16.8.